The van der Waals surface area contributed by atoms with Gasteiger partial charge < -0.3 is 4.90 Å². The lowest BCUT2D eigenvalue weighted by Gasteiger charge is -2.24. The third kappa shape index (κ3) is 4.78. The Morgan fingerprint density at radius 2 is 2.24 bits per heavy atom. The summed E-state index contributed by atoms with van der Waals surface area (Å²) < 4.78 is 13.2. The van der Waals surface area contributed by atoms with Crippen LogP contribution in [0.25, 0.3) is 0 Å². The summed E-state index contributed by atoms with van der Waals surface area (Å²) >= 11 is 2.00. The predicted molar refractivity (Wildman–Crippen MR) is 85.3 cm³/mol. The zero-order valence-electron chi connectivity index (χ0n) is 12.9. The summed E-state index contributed by atoms with van der Waals surface area (Å²) in [6.07, 6.45) is 2.23. The fraction of sp³-hybridized carbons (Fsp3) is 0.625. The van der Waals surface area contributed by atoms with Gasteiger partial charge in [-0.15, -0.1) is 0 Å². The Bertz CT molecular complexity index is 490. The van der Waals surface area contributed by atoms with Crippen molar-refractivity contribution in [1.82, 2.24) is 9.88 Å². The lowest BCUT2D eigenvalue weighted by atomic mass is 10.0. The number of aromatic nitrogens is 1. The van der Waals surface area contributed by atoms with Crippen LogP contribution in [0.3, 0.4) is 0 Å². The molecule has 0 aliphatic carbocycles. The van der Waals surface area contributed by atoms with Crippen molar-refractivity contribution >= 4 is 17.5 Å². The molecule has 116 valence electrons. The fourth-order valence-corrected chi connectivity index (χ4v) is 3.63. The van der Waals surface area contributed by atoms with E-state index in [0.29, 0.717) is 10.4 Å². The van der Waals surface area contributed by atoms with Crippen molar-refractivity contribution in [3.63, 3.8) is 0 Å². The first-order valence-corrected chi connectivity index (χ1v) is 8.38. The number of halogens is 1. The maximum atomic E-state index is 12.9. The standard InChI is InChI=1S/C16H23FN2OS/c1-12(15(20)14-5-4-13(17)10-18-14)11-19-7-6-16(2,3)21-9-8-19/h4-5,10,12H,6-9,11H2,1-3H3. The van der Waals surface area contributed by atoms with Gasteiger partial charge in [-0.2, -0.15) is 11.8 Å². The van der Waals surface area contributed by atoms with Crippen LogP contribution in [0.5, 0.6) is 0 Å². The number of rotatable bonds is 4. The number of thioether (sulfide) groups is 1. The van der Waals surface area contributed by atoms with Crippen molar-refractivity contribution in [3.8, 4) is 0 Å². The van der Waals surface area contributed by atoms with Gasteiger partial charge in [0.15, 0.2) is 5.78 Å². The molecule has 5 heteroatoms. The minimum atomic E-state index is -0.411. The molecule has 0 N–H and O–H groups in total. The van der Waals surface area contributed by atoms with Gasteiger partial charge in [-0.3, -0.25) is 9.78 Å². The Morgan fingerprint density at radius 3 is 2.90 bits per heavy atom. The van der Waals surface area contributed by atoms with Crippen LogP contribution in [0.2, 0.25) is 0 Å². The van der Waals surface area contributed by atoms with Crippen LogP contribution < -0.4 is 0 Å². The molecule has 1 aromatic rings. The van der Waals surface area contributed by atoms with Gasteiger partial charge >= 0.3 is 0 Å². The Kier molecular flexibility index (Phi) is 5.38. The molecule has 0 radical (unpaired) electrons. The summed E-state index contributed by atoms with van der Waals surface area (Å²) in [6.45, 7) is 9.26. The molecular weight excluding hydrogens is 287 g/mol. The highest BCUT2D eigenvalue weighted by Crippen LogP contribution is 2.30. The van der Waals surface area contributed by atoms with E-state index in [9.17, 15) is 9.18 Å². The van der Waals surface area contributed by atoms with E-state index >= 15 is 0 Å². The van der Waals surface area contributed by atoms with E-state index < -0.39 is 5.82 Å². The first-order chi connectivity index (χ1) is 9.87. The molecule has 0 amide bonds. The monoisotopic (exact) mass is 310 g/mol. The molecule has 3 nitrogen and oxygen atoms in total. The van der Waals surface area contributed by atoms with Crippen molar-refractivity contribution in [2.24, 2.45) is 5.92 Å². The maximum Gasteiger partial charge on any atom is 0.185 e. The van der Waals surface area contributed by atoms with Crippen LogP contribution in [0.4, 0.5) is 4.39 Å². The van der Waals surface area contributed by atoms with E-state index in [1.807, 2.05) is 18.7 Å². The van der Waals surface area contributed by atoms with Gasteiger partial charge in [0.05, 0.1) is 6.20 Å². The fourth-order valence-electron chi connectivity index (χ4n) is 2.49. The molecule has 2 heterocycles. The Balaban J connectivity index is 1.93. The highest BCUT2D eigenvalue weighted by atomic mass is 32.2. The van der Waals surface area contributed by atoms with Crippen LogP contribution in [0.15, 0.2) is 18.3 Å². The number of carbonyl (C=O) groups excluding carboxylic acids is 1. The molecule has 21 heavy (non-hydrogen) atoms. The molecular formula is C16H23FN2OS. The van der Waals surface area contributed by atoms with Crippen LogP contribution in [0, 0.1) is 11.7 Å². The van der Waals surface area contributed by atoms with Gasteiger partial charge in [0.2, 0.25) is 0 Å². The van der Waals surface area contributed by atoms with E-state index in [1.54, 1.807) is 0 Å². The van der Waals surface area contributed by atoms with E-state index in [2.05, 4.69) is 23.7 Å². The van der Waals surface area contributed by atoms with Crippen LogP contribution in [-0.4, -0.2) is 45.8 Å². The predicted octanol–water partition coefficient (Wildman–Crippen LogP) is 3.26. The van der Waals surface area contributed by atoms with E-state index in [1.165, 1.54) is 12.1 Å². The number of pyridine rings is 1. The molecule has 1 aliphatic heterocycles. The van der Waals surface area contributed by atoms with Crippen molar-refractivity contribution in [1.29, 1.82) is 0 Å². The van der Waals surface area contributed by atoms with Gasteiger partial charge in [-0.05, 0) is 25.1 Å². The molecule has 1 unspecified atom stereocenters. The van der Waals surface area contributed by atoms with Crippen LogP contribution >= 0.6 is 11.8 Å². The van der Waals surface area contributed by atoms with Gasteiger partial charge in [0.1, 0.15) is 11.5 Å². The van der Waals surface area contributed by atoms with Crippen molar-refractivity contribution in [3.05, 3.63) is 29.8 Å². The third-order valence-corrected chi connectivity index (χ3v) is 5.26. The number of ketones is 1. The molecule has 1 saturated heterocycles. The topological polar surface area (TPSA) is 33.2 Å². The van der Waals surface area contributed by atoms with Crippen molar-refractivity contribution in [2.45, 2.75) is 31.9 Å². The molecule has 0 saturated carbocycles. The summed E-state index contributed by atoms with van der Waals surface area (Å²) in [5, 5.41) is 0. The summed E-state index contributed by atoms with van der Waals surface area (Å²) in [5.41, 5.74) is 0.355. The number of hydrogen-bond donors (Lipinski definition) is 0. The first-order valence-electron chi connectivity index (χ1n) is 7.39. The number of nitrogens with zero attached hydrogens (tertiary/aromatic N) is 2. The lowest BCUT2D eigenvalue weighted by molar-refractivity contribution is 0.0891. The molecule has 1 aromatic heterocycles. The van der Waals surface area contributed by atoms with Crippen molar-refractivity contribution < 1.29 is 9.18 Å². The average Bonchev–Trinajstić information content (AvgIpc) is 2.60. The summed E-state index contributed by atoms with van der Waals surface area (Å²) in [7, 11) is 0. The zero-order valence-corrected chi connectivity index (χ0v) is 13.8. The van der Waals surface area contributed by atoms with Gasteiger partial charge in [0.25, 0.3) is 0 Å². The normalized spacial score (nSPS) is 20.8. The van der Waals surface area contributed by atoms with Gasteiger partial charge in [-0.1, -0.05) is 20.8 Å². The lowest BCUT2D eigenvalue weighted by Crippen LogP contribution is -2.34. The largest absolute Gasteiger partial charge is 0.302 e. The second-order valence-corrected chi connectivity index (χ2v) is 8.09. The quantitative estimate of drug-likeness (QED) is 0.799. The molecule has 0 aromatic carbocycles. The zero-order chi connectivity index (χ0) is 15.5. The van der Waals surface area contributed by atoms with Crippen molar-refractivity contribution in [2.75, 3.05) is 25.4 Å². The highest BCUT2D eigenvalue weighted by molar-refractivity contribution is 8.00. The average molecular weight is 310 g/mol. The third-order valence-electron chi connectivity index (χ3n) is 3.89. The molecule has 1 aliphatic rings. The van der Waals surface area contributed by atoms with Gasteiger partial charge in [-0.25, -0.2) is 4.39 Å². The minimum Gasteiger partial charge on any atom is -0.302 e. The molecule has 0 spiro atoms. The molecule has 1 atom stereocenters. The maximum absolute atomic E-state index is 12.9. The Labute approximate surface area is 130 Å². The Hall–Kier alpha value is -0.940. The van der Waals surface area contributed by atoms with E-state index in [4.69, 9.17) is 0 Å². The van der Waals surface area contributed by atoms with E-state index in [0.717, 1.165) is 38.0 Å². The second kappa shape index (κ2) is 6.88. The minimum absolute atomic E-state index is 0.00818. The van der Waals surface area contributed by atoms with E-state index in [-0.39, 0.29) is 11.7 Å². The van der Waals surface area contributed by atoms with Crippen LogP contribution in [-0.2, 0) is 0 Å². The van der Waals surface area contributed by atoms with Crippen LogP contribution in [0.1, 0.15) is 37.7 Å². The van der Waals surface area contributed by atoms with Gasteiger partial charge in [0, 0.05) is 29.5 Å². The summed E-state index contributed by atoms with van der Waals surface area (Å²) in [4.78, 5) is 18.6. The number of Topliss-reactive ketones (excluding diaryl/α,β-unsaturated/α-hetero) is 1. The smallest absolute Gasteiger partial charge is 0.185 e. The number of hydrogen-bond acceptors (Lipinski definition) is 4. The summed E-state index contributed by atoms with van der Waals surface area (Å²) in [5.74, 6) is 0.564. The SMILES string of the molecule is CC(CN1CCSC(C)(C)CC1)C(=O)c1ccc(F)cn1. The number of carbonyl (C=O) groups is 1. The summed E-state index contributed by atoms with van der Waals surface area (Å²) in [6, 6.07) is 2.76. The molecule has 2 rings (SSSR count). The highest BCUT2D eigenvalue weighted by Gasteiger charge is 2.26. The Morgan fingerprint density at radius 1 is 1.48 bits per heavy atom. The molecule has 1 fully saturated rings. The first kappa shape index (κ1) is 16.4. The molecule has 0 bridgehead atoms. The second-order valence-electron chi connectivity index (χ2n) is 6.29.